The van der Waals surface area contributed by atoms with Gasteiger partial charge >= 0.3 is 6.03 Å². The Labute approximate surface area is 118 Å². The fourth-order valence-corrected chi connectivity index (χ4v) is 3.04. The summed E-state index contributed by atoms with van der Waals surface area (Å²) in [5.41, 5.74) is 1.07. The molecule has 2 heterocycles. The highest BCUT2D eigenvalue weighted by Crippen LogP contribution is 2.31. The van der Waals surface area contributed by atoms with Gasteiger partial charge in [0.05, 0.1) is 6.04 Å². The van der Waals surface area contributed by atoms with Crippen molar-refractivity contribution in [3.05, 3.63) is 47.0 Å². The number of nitrogens with one attached hydrogen (secondary N) is 1. The Morgan fingerprint density at radius 1 is 1.32 bits per heavy atom. The van der Waals surface area contributed by atoms with Crippen molar-refractivity contribution in [1.29, 1.82) is 0 Å². The van der Waals surface area contributed by atoms with Gasteiger partial charge in [-0.3, -0.25) is 0 Å². The molecule has 2 aliphatic heterocycles. The molecular weight excluding hydrogens is 260 g/mol. The number of rotatable bonds is 2. The van der Waals surface area contributed by atoms with Crippen molar-refractivity contribution in [2.24, 2.45) is 0 Å². The van der Waals surface area contributed by atoms with E-state index < -0.39 is 0 Å². The van der Waals surface area contributed by atoms with E-state index in [1.54, 1.807) is 0 Å². The predicted molar refractivity (Wildman–Crippen MR) is 76.1 cm³/mol. The lowest BCUT2D eigenvalue weighted by Crippen LogP contribution is -2.47. The summed E-state index contributed by atoms with van der Waals surface area (Å²) in [7, 11) is 0. The lowest BCUT2D eigenvalue weighted by atomic mass is 10.1. The molecule has 4 heteroatoms. The molecule has 1 aromatic carbocycles. The third-order valence-corrected chi connectivity index (χ3v) is 4.16. The van der Waals surface area contributed by atoms with Crippen LogP contribution in [0.25, 0.3) is 0 Å². The van der Waals surface area contributed by atoms with Crippen molar-refractivity contribution in [2.45, 2.75) is 37.9 Å². The number of amides is 2. The maximum Gasteiger partial charge on any atom is 0.318 e. The van der Waals surface area contributed by atoms with Crippen molar-refractivity contribution in [1.82, 2.24) is 10.2 Å². The van der Waals surface area contributed by atoms with E-state index in [2.05, 4.69) is 17.5 Å². The number of hydrogen-bond acceptors (Lipinski definition) is 1. The zero-order valence-electron chi connectivity index (χ0n) is 10.7. The fraction of sp³-hybridized carbons (Fsp3) is 0.400. The van der Waals surface area contributed by atoms with Crippen LogP contribution in [0.1, 0.15) is 24.8 Å². The van der Waals surface area contributed by atoms with Crippen LogP contribution in [0.15, 0.2) is 36.4 Å². The minimum atomic E-state index is 0.0480. The van der Waals surface area contributed by atoms with Gasteiger partial charge in [-0.1, -0.05) is 35.9 Å². The Morgan fingerprint density at radius 3 is 2.84 bits per heavy atom. The molecule has 2 atom stereocenters. The molecule has 3 rings (SSSR count). The van der Waals surface area contributed by atoms with Crippen LogP contribution in [0.2, 0.25) is 5.02 Å². The van der Waals surface area contributed by atoms with Crippen LogP contribution in [0.5, 0.6) is 0 Å². The first-order valence-electron chi connectivity index (χ1n) is 6.71. The average Bonchev–Trinajstić information content (AvgIpc) is 2.67. The molecule has 0 saturated carbocycles. The highest BCUT2D eigenvalue weighted by molar-refractivity contribution is 6.30. The number of halogens is 1. The lowest BCUT2D eigenvalue weighted by molar-refractivity contribution is 0.178. The topological polar surface area (TPSA) is 32.3 Å². The molecule has 1 fully saturated rings. The van der Waals surface area contributed by atoms with Crippen LogP contribution in [-0.2, 0) is 6.54 Å². The Kier molecular flexibility index (Phi) is 3.47. The van der Waals surface area contributed by atoms with Crippen molar-refractivity contribution >= 4 is 17.6 Å². The first-order chi connectivity index (χ1) is 9.24. The van der Waals surface area contributed by atoms with Crippen LogP contribution >= 0.6 is 11.6 Å². The highest BCUT2D eigenvalue weighted by Gasteiger charge is 2.36. The summed E-state index contributed by atoms with van der Waals surface area (Å²) in [6, 6.07) is 8.30. The number of urea groups is 1. The summed E-state index contributed by atoms with van der Waals surface area (Å²) in [6.07, 6.45) is 7.56. The number of hydrogen-bond donors (Lipinski definition) is 1. The maximum atomic E-state index is 12.3. The van der Waals surface area contributed by atoms with Gasteiger partial charge in [0.25, 0.3) is 0 Å². The zero-order chi connectivity index (χ0) is 13.2. The fourth-order valence-electron chi connectivity index (χ4n) is 2.91. The third kappa shape index (κ3) is 2.61. The van der Waals surface area contributed by atoms with Crippen LogP contribution in [0.4, 0.5) is 4.79 Å². The Bertz CT molecular complexity index is 497. The smallest absolute Gasteiger partial charge is 0.318 e. The molecule has 2 amide bonds. The predicted octanol–water partition coefficient (Wildman–Crippen LogP) is 3.34. The molecule has 2 bridgehead atoms. The molecule has 1 aromatic rings. The molecule has 0 aromatic heterocycles. The first-order valence-corrected chi connectivity index (χ1v) is 7.09. The summed E-state index contributed by atoms with van der Waals surface area (Å²) < 4.78 is 0. The maximum absolute atomic E-state index is 12.3. The van der Waals surface area contributed by atoms with Crippen molar-refractivity contribution in [2.75, 3.05) is 0 Å². The van der Waals surface area contributed by atoms with Gasteiger partial charge in [0.15, 0.2) is 0 Å². The van der Waals surface area contributed by atoms with Gasteiger partial charge < -0.3 is 10.2 Å². The standard InChI is InChI=1S/C15H17ClN2O/c16-12-6-4-11(5-7-12)10-17-15(19)18-13-2-1-3-14(18)9-8-13/h1-2,4-7,13-14H,3,8-10H2,(H,17,19). The lowest BCUT2D eigenvalue weighted by Gasteiger charge is -2.31. The molecular formula is C15H17ClN2O. The van der Waals surface area contributed by atoms with Gasteiger partial charge in [-0.05, 0) is 37.0 Å². The van der Waals surface area contributed by atoms with E-state index in [4.69, 9.17) is 11.6 Å². The molecule has 19 heavy (non-hydrogen) atoms. The summed E-state index contributed by atoms with van der Waals surface area (Å²) in [6.45, 7) is 0.551. The monoisotopic (exact) mass is 276 g/mol. The summed E-state index contributed by atoms with van der Waals surface area (Å²) >= 11 is 5.84. The second-order valence-corrected chi connectivity index (χ2v) is 5.59. The molecule has 0 spiro atoms. The van der Waals surface area contributed by atoms with Gasteiger partial charge in [0.2, 0.25) is 0 Å². The van der Waals surface area contributed by atoms with Gasteiger partial charge in [0, 0.05) is 17.6 Å². The van der Waals surface area contributed by atoms with Crippen molar-refractivity contribution in [3.8, 4) is 0 Å². The minimum absolute atomic E-state index is 0.0480. The van der Waals surface area contributed by atoms with Crippen LogP contribution in [-0.4, -0.2) is 23.0 Å². The zero-order valence-corrected chi connectivity index (χ0v) is 11.4. The summed E-state index contributed by atoms with van der Waals surface area (Å²) in [4.78, 5) is 14.3. The number of benzene rings is 1. The number of carbonyl (C=O) groups is 1. The molecule has 2 aliphatic rings. The Morgan fingerprint density at radius 2 is 2.11 bits per heavy atom. The molecule has 1 N–H and O–H groups in total. The Hall–Kier alpha value is -1.48. The van der Waals surface area contributed by atoms with Crippen molar-refractivity contribution < 1.29 is 4.79 Å². The van der Waals surface area contributed by atoms with E-state index in [0.717, 1.165) is 24.8 Å². The van der Waals surface area contributed by atoms with Crippen LogP contribution in [0, 0.1) is 0 Å². The van der Waals surface area contributed by atoms with E-state index in [9.17, 15) is 4.79 Å². The highest BCUT2D eigenvalue weighted by atomic mass is 35.5. The van der Waals surface area contributed by atoms with Gasteiger partial charge in [0.1, 0.15) is 0 Å². The molecule has 0 radical (unpaired) electrons. The van der Waals surface area contributed by atoms with E-state index in [-0.39, 0.29) is 6.03 Å². The molecule has 1 saturated heterocycles. The number of carbonyl (C=O) groups excluding carboxylic acids is 1. The van der Waals surface area contributed by atoms with Gasteiger partial charge in [-0.2, -0.15) is 0 Å². The van der Waals surface area contributed by atoms with Crippen molar-refractivity contribution in [3.63, 3.8) is 0 Å². The number of fused-ring (bicyclic) bond motifs is 2. The Balaban J connectivity index is 1.60. The summed E-state index contributed by atoms with van der Waals surface area (Å²) in [5, 5.41) is 3.72. The first kappa shape index (κ1) is 12.5. The van der Waals surface area contributed by atoms with Gasteiger partial charge in [-0.15, -0.1) is 0 Å². The van der Waals surface area contributed by atoms with Gasteiger partial charge in [-0.25, -0.2) is 4.79 Å². The van der Waals surface area contributed by atoms with Crippen LogP contribution < -0.4 is 5.32 Å². The summed E-state index contributed by atoms with van der Waals surface area (Å²) in [5.74, 6) is 0. The minimum Gasteiger partial charge on any atom is -0.334 e. The van der Waals surface area contributed by atoms with E-state index in [1.807, 2.05) is 29.2 Å². The van der Waals surface area contributed by atoms with Crippen LogP contribution in [0.3, 0.4) is 0 Å². The van der Waals surface area contributed by atoms with E-state index in [1.165, 1.54) is 0 Å². The molecule has 2 unspecified atom stereocenters. The molecule has 3 nitrogen and oxygen atoms in total. The quantitative estimate of drug-likeness (QED) is 0.826. The molecule has 0 aliphatic carbocycles. The number of nitrogens with zero attached hydrogens (tertiary/aromatic N) is 1. The average molecular weight is 277 g/mol. The second kappa shape index (κ2) is 5.25. The third-order valence-electron chi connectivity index (χ3n) is 3.90. The molecule has 100 valence electrons. The second-order valence-electron chi connectivity index (χ2n) is 5.15. The normalized spacial score (nSPS) is 24.6. The van der Waals surface area contributed by atoms with E-state index in [0.29, 0.717) is 23.7 Å². The van der Waals surface area contributed by atoms with E-state index >= 15 is 0 Å². The largest absolute Gasteiger partial charge is 0.334 e. The SMILES string of the molecule is O=C(NCc1ccc(Cl)cc1)N1C2C=CCC1CC2.